The van der Waals surface area contributed by atoms with Gasteiger partial charge in [0.05, 0.1) is 23.1 Å². The van der Waals surface area contributed by atoms with Crippen molar-refractivity contribution in [2.75, 3.05) is 26.2 Å². The summed E-state index contributed by atoms with van der Waals surface area (Å²) in [4.78, 5) is 37.7. The molecular formula is C22H23N3O6. The molecule has 9 nitrogen and oxygen atoms in total. The predicted molar refractivity (Wildman–Crippen MR) is 113 cm³/mol. The van der Waals surface area contributed by atoms with Crippen molar-refractivity contribution in [2.24, 2.45) is 0 Å². The second-order valence-corrected chi connectivity index (χ2v) is 7.04. The second-order valence-electron chi connectivity index (χ2n) is 7.04. The molecule has 1 aliphatic heterocycles. The van der Waals surface area contributed by atoms with Crippen LogP contribution in [-0.2, 0) is 9.59 Å². The normalized spacial score (nSPS) is 17.8. The van der Waals surface area contributed by atoms with Crippen molar-refractivity contribution in [3.63, 3.8) is 0 Å². The number of carbonyl (C=O) groups excluding carboxylic acids is 2. The summed E-state index contributed by atoms with van der Waals surface area (Å²) in [6.45, 7) is 1.09. The third kappa shape index (κ3) is 4.79. The van der Waals surface area contributed by atoms with Gasteiger partial charge in [0.25, 0.3) is 17.4 Å². The maximum absolute atomic E-state index is 12.9. The molecule has 0 saturated carbocycles. The molecule has 31 heavy (non-hydrogen) atoms. The van der Waals surface area contributed by atoms with E-state index >= 15 is 0 Å². The lowest BCUT2D eigenvalue weighted by atomic mass is 9.95. The Balaban J connectivity index is 2.04. The highest BCUT2D eigenvalue weighted by atomic mass is 16.6. The van der Waals surface area contributed by atoms with Crippen molar-refractivity contribution >= 4 is 23.1 Å². The van der Waals surface area contributed by atoms with Crippen molar-refractivity contribution in [1.82, 2.24) is 10.2 Å². The molecule has 0 spiro atoms. The van der Waals surface area contributed by atoms with Crippen LogP contribution in [0.2, 0.25) is 0 Å². The number of ketones is 1. The standard InChI is InChI=1S/C22H23N3O6/c26-13-11-23-10-5-12-24-19(16-8-4-9-17(14-16)25(30)31)18(21(28)22(24)29)20(27)15-6-2-1-3-7-15/h1-4,6-9,14,19,23,26-27H,5,10-13H2. The number of non-ortho nitro benzene ring substituents is 1. The largest absolute Gasteiger partial charge is 0.507 e. The molecular weight excluding hydrogens is 402 g/mol. The van der Waals surface area contributed by atoms with Gasteiger partial charge in [-0.3, -0.25) is 19.7 Å². The zero-order valence-electron chi connectivity index (χ0n) is 16.7. The molecule has 1 aliphatic rings. The number of nitro groups is 1. The number of carbonyl (C=O) groups is 2. The van der Waals surface area contributed by atoms with Gasteiger partial charge in [-0.1, -0.05) is 42.5 Å². The number of nitro benzene ring substituents is 1. The zero-order chi connectivity index (χ0) is 22.4. The van der Waals surface area contributed by atoms with Crippen LogP contribution in [0.15, 0.2) is 60.2 Å². The number of hydrogen-bond donors (Lipinski definition) is 3. The van der Waals surface area contributed by atoms with Crippen LogP contribution in [0.3, 0.4) is 0 Å². The number of aliphatic hydroxyl groups excluding tert-OH is 2. The quantitative estimate of drug-likeness (QED) is 0.140. The van der Waals surface area contributed by atoms with Crippen LogP contribution in [0.25, 0.3) is 5.76 Å². The summed E-state index contributed by atoms with van der Waals surface area (Å²) in [6, 6.07) is 13.2. The molecule has 2 aromatic carbocycles. The molecule has 0 aliphatic carbocycles. The monoisotopic (exact) mass is 425 g/mol. The van der Waals surface area contributed by atoms with E-state index in [4.69, 9.17) is 5.11 Å². The summed E-state index contributed by atoms with van der Waals surface area (Å²) in [7, 11) is 0. The maximum Gasteiger partial charge on any atom is 0.295 e. The molecule has 1 atom stereocenters. The van der Waals surface area contributed by atoms with Gasteiger partial charge in [0.15, 0.2) is 0 Å². The Hall–Kier alpha value is -3.56. The summed E-state index contributed by atoms with van der Waals surface area (Å²) in [6.07, 6.45) is 0.490. The molecule has 1 amide bonds. The Labute approximate surface area is 178 Å². The molecule has 3 N–H and O–H groups in total. The van der Waals surface area contributed by atoms with Gasteiger partial charge >= 0.3 is 0 Å². The van der Waals surface area contributed by atoms with Crippen molar-refractivity contribution in [3.8, 4) is 0 Å². The van der Waals surface area contributed by atoms with Crippen molar-refractivity contribution in [2.45, 2.75) is 12.5 Å². The highest BCUT2D eigenvalue weighted by Gasteiger charge is 2.46. The lowest BCUT2D eigenvalue weighted by molar-refractivity contribution is -0.384. The molecule has 1 heterocycles. The molecule has 0 bridgehead atoms. The van der Waals surface area contributed by atoms with Gasteiger partial charge in [-0.2, -0.15) is 0 Å². The van der Waals surface area contributed by atoms with Crippen LogP contribution < -0.4 is 5.32 Å². The number of benzene rings is 2. The average Bonchev–Trinajstić information content (AvgIpc) is 3.04. The summed E-state index contributed by atoms with van der Waals surface area (Å²) >= 11 is 0. The van der Waals surface area contributed by atoms with E-state index in [9.17, 15) is 24.8 Å². The molecule has 1 unspecified atom stereocenters. The molecule has 1 fully saturated rings. The second kappa shape index (κ2) is 9.96. The number of nitrogens with zero attached hydrogens (tertiary/aromatic N) is 2. The number of amides is 1. The van der Waals surface area contributed by atoms with E-state index in [1.807, 2.05) is 0 Å². The third-order valence-electron chi connectivity index (χ3n) is 5.03. The van der Waals surface area contributed by atoms with Gasteiger partial charge in [-0.05, 0) is 18.5 Å². The van der Waals surface area contributed by atoms with E-state index in [2.05, 4.69) is 5.32 Å². The van der Waals surface area contributed by atoms with Gasteiger partial charge < -0.3 is 20.4 Å². The van der Waals surface area contributed by atoms with Gasteiger partial charge in [0.1, 0.15) is 5.76 Å². The van der Waals surface area contributed by atoms with E-state index in [1.165, 1.54) is 23.1 Å². The predicted octanol–water partition coefficient (Wildman–Crippen LogP) is 1.99. The van der Waals surface area contributed by atoms with Crippen LogP contribution in [0, 0.1) is 10.1 Å². The number of aliphatic hydroxyl groups is 2. The molecule has 3 rings (SSSR count). The van der Waals surface area contributed by atoms with Crippen LogP contribution >= 0.6 is 0 Å². The Bertz CT molecular complexity index is 1010. The average molecular weight is 425 g/mol. The fourth-order valence-corrected chi connectivity index (χ4v) is 3.60. The molecule has 2 aromatic rings. The number of likely N-dealkylation sites (tertiary alicyclic amines) is 1. The van der Waals surface area contributed by atoms with Gasteiger partial charge in [0.2, 0.25) is 0 Å². The van der Waals surface area contributed by atoms with Gasteiger partial charge in [0, 0.05) is 30.8 Å². The maximum atomic E-state index is 12.9. The van der Waals surface area contributed by atoms with E-state index in [0.29, 0.717) is 30.6 Å². The molecule has 162 valence electrons. The fraction of sp³-hybridized carbons (Fsp3) is 0.273. The van der Waals surface area contributed by atoms with Crippen LogP contribution in [0.5, 0.6) is 0 Å². The minimum Gasteiger partial charge on any atom is -0.507 e. The highest BCUT2D eigenvalue weighted by Crippen LogP contribution is 2.40. The Morgan fingerprint density at radius 1 is 1.10 bits per heavy atom. The van der Waals surface area contributed by atoms with E-state index in [-0.39, 0.29) is 30.2 Å². The van der Waals surface area contributed by atoms with Crippen LogP contribution in [-0.4, -0.2) is 58.0 Å². The lowest BCUT2D eigenvalue weighted by Gasteiger charge is -2.25. The zero-order valence-corrected chi connectivity index (χ0v) is 16.7. The summed E-state index contributed by atoms with van der Waals surface area (Å²) in [5.74, 6) is -1.92. The summed E-state index contributed by atoms with van der Waals surface area (Å²) in [5.41, 5.74) is 0.474. The fourth-order valence-electron chi connectivity index (χ4n) is 3.60. The minimum atomic E-state index is -0.946. The number of Topliss-reactive ketones (excluding diaryl/α,β-unsaturated/α-hetero) is 1. The first-order valence-corrected chi connectivity index (χ1v) is 9.85. The van der Waals surface area contributed by atoms with Crippen molar-refractivity contribution in [1.29, 1.82) is 0 Å². The third-order valence-corrected chi connectivity index (χ3v) is 5.03. The molecule has 0 aromatic heterocycles. The van der Waals surface area contributed by atoms with E-state index in [0.717, 1.165) is 0 Å². The molecule has 9 heteroatoms. The highest BCUT2D eigenvalue weighted by molar-refractivity contribution is 6.46. The number of hydrogen-bond acceptors (Lipinski definition) is 7. The van der Waals surface area contributed by atoms with Crippen molar-refractivity contribution in [3.05, 3.63) is 81.4 Å². The van der Waals surface area contributed by atoms with E-state index < -0.39 is 22.7 Å². The van der Waals surface area contributed by atoms with Crippen molar-refractivity contribution < 1.29 is 24.7 Å². The Kier molecular flexibility index (Phi) is 7.11. The van der Waals surface area contributed by atoms with Crippen LogP contribution in [0.4, 0.5) is 5.69 Å². The first kappa shape index (κ1) is 22.1. The van der Waals surface area contributed by atoms with E-state index in [1.54, 1.807) is 36.4 Å². The lowest BCUT2D eigenvalue weighted by Crippen LogP contribution is -2.32. The van der Waals surface area contributed by atoms with Gasteiger partial charge in [-0.15, -0.1) is 0 Å². The minimum absolute atomic E-state index is 0.0186. The number of rotatable bonds is 9. The molecule has 0 radical (unpaired) electrons. The first-order chi connectivity index (χ1) is 15.0. The number of nitrogens with one attached hydrogen (secondary N) is 1. The topological polar surface area (TPSA) is 133 Å². The van der Waals surface area contributed by atoms with Gasteiger partial charge in [-0.25, -0.2) is 0 Å². The smallest absolute Gasteiger partial charge is 0.295 e. The first-order valence-electron chi connectivity index (χ1n) is 9.85. The SMILES string of the molecule is O=C1C(=O)N(CCCNCCO)C(c2cccc([N+](=O)[O-])c2)C1=C(O)c1ccccc1. The van der Waals surface area contributed by atoms with Crippen LogP contribution in [0.1, 0.15) is 23.6 Å². The molecule has 1 saturated heterocycles. The summed E-state index contributed by atoms with van der Waals surface area (Å²) in [5, 5.41) is 34.0. The Morgan fingerprint density at radius 3 is 2.52 bits per heavy atom. The Morgan fingerprint density at radius 2 is 1.84 bits per heavy atom. The summed E-state index contributed by atoms with van der Waals surface area (Å²) < 4.78 is 0.